The topological polar surface area (TPSA) is 66.9 Å². The van der Waals surface area contributed by atoms with Gasteiger partial charge in [0, 0.05) is 13.1 Å². The van der Waals surface area contributed by atoms with E-state index in [0.29, 0.717) is 13.0 Å². The molecule has 0 spiro atoms. The summed E-state index contributed by atoms with van der Waals surface area (Å²) in [5, 5.41) is 0. The number of carbonyl (C=O) groups is 3. The first-order chi connectivity index (χ1) is 10.1. The summed E-state index contributed by atoms with van der Waals surface area (Å²) in [6, 6.07) is 5.34. The SMILES string of the molecule is O=C(c1ccccc1F)N1CC[C@H](N2C(=O)COC2=O)C1. The van der Waals surface area contributed by atoms with Crippen LogP contribution in [0.4, 0.5) is 9.18 Å². The van der Waals surface area contributed by atoms with Gasteiger partial charge < -0.3 is 9.64 Å². The first-order valence-electron chi connectivity index (χ1n) is 6.60. The zero-order valence-electron chi connectivity index (χ0n) is 11.1. The lowest BCUT2D eigenvalue weighted by molar-refractivity contribution is -0.127. The van der Waals surface area contributed by atoms with E-state index in [1.165, 1.54) is 23.1 Å². The highest BCUT2D eigenvalue weighted by Gasteiger charge is 2.41. The fraction of sp³-hybridized carbons (Fsp3) is 0.357. The lowest BCUT2D eigenvalue weighted by Crippen LogP contribution is -2.42. The number of likely N-dealkylation sites (tertiary alicyclic amines) is 1. The summed E-state index contributed by atoms with van der Waals surface area (Å²) in [4.78, 5) is 37.8. The van der Waals surface area contributed by atoms with Crippen LogP contribution >= 0.6 is 0 Å². The Hall–Kier alpha value is -2.44. The Bertz CT molecular complexity index is 603. The van der Waals surface area contributed by atoms with E-state index in [0.717, 1.165) is 4.90 Å². The Balaban J connectivity index is 1.73. The molecule has 1 aromatic carbocycles. The minimum absolute atomic E-state index is 0.00604. The van der Waals surface area contributed by atoms with Crippen molar-refractivity contribution in [3.8, 4) is 0 Å². The number of ether oxygens (including phenoxy) is 1. The van der Waals surface area contributed by atoms with Gasteiger partial charge in [-0.15, -0.1) is 0 Å². The van der Waals surface area contributed by atoms with Crippen molar-refractivity contribution in [2.45, 2.75) is 12.5 Å². The largest absolute Gasteiger partial charge is 0.439 e. The van der Waals surface area contributed by atoms with Gasteiger partial charge in [-0.05, 0) is 18.6 Å². The smallest absolute Gasteiger partial charge is 0.417 e. The second kappa shape index (κ2) is 5.16. The molecule has 1 aromatic rings. The van der Waals surface area contributed by atoms with Crippen molar-refractivity contribution >= 4 is 17.9 Å². The molecule has 3 amide bonds. The molecule has 2 heterocycles. The Morgan fingerprint density at radius 1 is 1.29 bits per heavy atom. The summed E-state index contributed by atoms with van der Waals surface area (Å²) in [6.45, 7) is 0.319. The van der Waals surface area contributed by atoms with E-state index >= 15 is 0 Å². The predicted molar refractivity (Wildman–Crippen MR) is 68.9 cm³/mol. The number of carbonyl (C=O) groups excluding carboxylic acids is 3. The summed E-state index contributed by atoms with van der Waals surface area (Å²) in [7, 11) is 0. The van der Waals surface area contributed by atoms with Crippen molar-refractivity contribution in [1.82, 2.24) is 9.80 Å². The molecule has 110 valence electrons. The highest BCUT2D eigenvalue weighted by molar-refractivity contribution is 5.98. The first-order valence-corrected chi connectivity index (χ1v) is 6.60. The molecule has 1 atom stereocenters. The number of hydrogen-bond donors (Lipinski definition) is 0. The van der Waals surface area contributed by atoms with Gasteiger partial charge in [0.2, 0.25) is 0 Å². The van der Waals surface area contributed by atoms with E-state index in [2.05, 4.69) is 4.74 Å². The van der Waals surface area contributed by atoms with Gasteiger partial charge in [-0.1, -0.05) is 12.1 Å². The van der Waals surface area contributed by atoms with Gasteiger partial charge in [0.15, 0.2) is 6.61 Å². The lowest BCUT2D eigenvalue weighted by atomic mass is 10.2. The van der Waals surface area contributed by atoms with Crippen LogP contribution in [0.2, 0.25) is 0 Å². The number of imide groups is 1. The molecule has 3 rings (SSSR count). The summed E-state index contributed by atoms with van der Waals surface area (Å²) in [5.41, 5.74) is -0.00604. The van der Waals surface area contributed by atoms with E-state index in [9.17, 15) is 18.8 Å². The van der Waals surface area contributed by atoms with E-state index in [1.807, 2.05) is 0 Å². The van der Waals surface area contributed by atoms with Gasteiger partial charge >= 0.3 is 6.09 Å². The zero-order valence-corrected chi connectivity index (χ0v) is 11.1. The van der Waals surface area contributed by atoms with Gasteiger partial charge in [-0.25, -0.2) is 14.1 Å². The van der Waals surface area contributed by atoms with Crippen molar-refractivity contribution in [3.05, 3.63) is 35.6 Å². The van der Waals surface area contributed by atoms with Crippen molar-refractivity contribution in [1.29, 1.82) is 0 Å². The van der Waals surface area contributed by atoms with Crippen LogP contribution in [0.25, 0.3) is 0 Å². The molecule has 0 unspecified atom stereocenters. The highest BCUT2D eigenvalue weighted by atomic mass is 19.1. The van der Waals surface area contributed by atoms with E-state index in [4.69, 9.17) is 0 Å². The molecule has 21 heavy (non-hydrogen) atoms. The molecule has 0 saturated carbocycles. The fourth-order valence-corrected chi connectivity index (χ4v) is 2.66. The molecule has 2 aliphatic heterocycles. The average Bonchev–Trinajstić information content (AvgIpc) is 3.06. The fourth-order valence-electron chi connectivity index (χ4n) is 2.66. The van der Waals surface area contributed by atoms with Crippen LogP contribution in [0, 0.1) is 5.82 Å². The molecule has 0 aromatic heterocycles. The summed E-state index contributed by atoms with van der Waals surface area (Å²) in [6.07, 6.45) is -0.203. The predicted octanol–water partition coefficient (Wildman–Crippen LogP) is 1.02. The monoisotopic (exact) mass is 292 g/mol. The van der Waals surface area contributed by atoms with Crippen LogP contribution < -0.4 is 0 Å². The quantitative estimate of drug-likeness (QED) is 0.816. The molecule has 0 bridgehead atoms. The molecule has 0 radical (unpaired) electrons. The van der Waals surface area contributed by atoms with Crippen LogP contribution in [0.3, 0.4) is 0 Å². The average molecular weight is 292 g/mol. The van der Waals surface area contributed by atoms with Crippen LogP contribution in [0.1, 0.15) is 16.8 Å². The van der Waals surface area contributed by atoms with Crippen LogP contribution in [0.15, 0.2) is 24.3 Å². The third-order valence-electron chi connectivity index (χ3n) is 3.70. The normalized spacial score (nSPS) is 21.9. The van der Waals surface area contributed by atoms with Crippen LogP contribution in [0.5, 0.6) is 0 Å². The third kappa shape index (κ3) is 2.35. The van der Waals surface area contributed by atoms with Crippen molar-refractivity contribution in [3.63, 3.8) is 0 Å². The van der Waals surface area contributed by atoms with E-state index < -0.39 is 29.8 Å². The molecule has 2 fully saturated rings. The lowest BCUT2D eigenvalue weighted by Gasteiger charge is -2.20. The van der Waals surface area contributed by atoms with Crippen molar-refractivity contribution < 1.29 is 23.5 Å². The first kappa shape index (κ1) is 13.5. The Morgan fingerprint density at radius 2 is 2.05 bits per heavy atom. The van der Waals surface area contributed by atoms with E-state index in [-0.39, 0.29) is 18.7 Å². The molecule has 6 nitrogen and oxygen atoms in total. The van der Waals surface area contributed by atoms with Crippen LogP contribution in [-0.2, 0) is 9.53 Å². The summed E-state index contributed by atoms with van der Waals surface area (Å²) < 4.78 is 18.3. The summed E-state index contributed by atoms with van der Waals surface area (Å²) >= 11 is 0. The highest BCUT2D eigenvalue weighted by Crippen LogP contribution is 2.22. The maximum atomic E-state index is 13.6. The van der Waals surface area contributed by atoms with Gasteiger partial charge in [-0.3, -0.25) is 9.59 Å². The summed E-state index contributed by atoms with van der Waals surface area (Å²) in [5.74, 6) is -1.41. The molecule has 2 saturated heterocycles. The number of nitrogens with zero attached hydrogens (tertiary/aromatic N) is 2. The minimum Gasteiger partial charge on any atom is -0.439 e. The standard InChI is InChI=1S/C14H13FN2O4/c15-11-4-2-1-3-10(11)13(19)16-6-5-9(7-16)17-12(18)8-21-14(17)20/h1-4,9H,5-8H2/t9-/m0/s1. The maximum Gasteiger partial charge on any atom is 0.417 e. The maximum absolute atomic E-state index is 13.6. The number of rotatable bonds is 2. The second-order valence-corrected chi connectivity index (χ2v) is 4.99. The third-order valence-corrected chi connectivity index (χ3v) is 3.70. The number of hydrogen-bond acceptors (Lipinski definition) is 4. The number of amides is 3. The van der Waals surface area contributed by atoms with Gasteiger partial charge in [0.1, 0.15) is 5.82 Å². The van der Waals surface area contributed by atoms with Gasteiger partial charge in [0.05, 0.1) is 11.6 Å². The molecular weight excluding hydrogens is 279 g/mol. The Kier molecular flexibility index (Phi) is 3.32. The van der Waals surface area contributed by atoms with Crippen molar-refractivity contribution in [2.75, 3.05) is 19.7 Å². The molecular formula is C14H13FN2O4. The molecule has 2 aliphatic rings. The zero-order chi connectivity index (χ0) is 15.0. The Morgan fingerprint density at radius 3 is 2.71 bits per heavy atom. The number of benzene rings is 1. The molecule has 0 N–H and O–H groups in total. The van der Waals surface area contributed by atoms with Gasteiger partial charge in [0.25, 0.3) is 11.8 Å². The van der Waals surface area contributed by atoms with Gasteiger partial charge in [-0.2, -0.15) is 0 Å². The number of halogens is 1. The molecule has 0 aliphatic carbocycles. The minimum atomic E-state index is -0.676. The van der Waals surface area contributed by atoms with E-state index in [1.54, 1.807) is 6.07 Å². The van der Waals surface area contributed by atoms with Crippen molar-refractivity contribution in [2.24, 2.45) is 0 Å². The molecule has 7 heteroatoms. The van der Waals surface area contributed by atoms with Crippen LogP contribution in [-0.4, -0.2) is 53.4 Å². The second-order valence-electron chi connectivity index (χ2n) is 4.99. The Labute approximate surface area is 120 Å². The number of cyclic esters (lactones) is 1.